The molecule has 4 rings (SSSR count). The summed E-state index contributed by atoms with van der Waals surface area (Å²) in [7, 11) is -3.71. The van der Waals surface area contributed by atoms with Crippen LogP contribution in [0.2, 0.25) is 0 Å². The van der Waals surface area contributed by atoms with Crippen molar-refractivity contribution in [1.29, 1.82) is 0 Å². The summed E-state index contributed by atoms with van der Waals surface area (Å²) in [6.07, 6.45) is 0. The molecule has 3 heterocycles. The third kappa shape index (κ3) is 5.30. The van der Waals surface area contributed by atoms with E-state index in [1.165, 1.54) is 5.56 Å². The molecule has 0 saturated carbocycles. The Morgan fingerprint density at radius 3 is 2.86 bits per heavy atom. The molecule has 0 aliphatic carbocycles. The zero-order valence-corrected chi connectivity index (χ0v) is 17.5. The number of nitrogens with two attached hydrogens (primary N) is 1. The van der Waals surface area contributed by atoms with Crippen molar-refractivity contribution in [3.63, 3.8) is 0 Å². The van der Waals surface area contributed by atoms with Crippen LogP contribution in [0.1, 0.15) is 11.3 Å². The van der Waals surface area contributed by atoms with Crippen LogP contribution < -0.4 is 10.5 Å². The largest absolute Gasteiger partial charge is 0.460 e. The summed E-state index contributed by atoms with van der Waals surface area (Å²) in [5, 5.41) is 1.09. The van der Waals surface area contributed by atoms with Crippen molar-refractivity contribution in [2.24, 2.45) is 15.1 Å². The number of fused-ring (bicyclic) bond motifs is 1. The molecule has 1 aromatic heterocycles. The minimum atomic E-state index is -3.71. The van der Waals surface area contributed by atoms with Crippen LogP contribution in [0.15, 0.2) is 38.1 Å². The van der Waals surface area contributed by atoms with Crippen LogP contribution in [0.25, 0.3) is 11.0 Å². The number of benzene rings is 1. The molecular weight excluding hydrogens is 414 g/mol. The zero-order chi connectivity index (χ0) is 20.3. The number of hydrogen-bond donors (Lipinski definition) is 2. The number of ether oxygens (including phenoxy) is 1. The van der Waals surface area contributed by atoms with Gasteiger partial charge in [-0.25, -0.2) is 4.72 Å². The van der Waals surface area contributed by atoms with Gasteiger partial charge in [0.2, 0.25) is 0 Å². The molecule has 0 bridgehead atoms. The number of nitrogens with zero attached hydrogens (tertiary/aromatic N) is 3. The van der Waals surface area contributed by atoms with Crippen molar-refractivity contribution in [1.82, 2.24) is 9.62 Å². The molecule has 2 aliphatic heterocycles. The van der Waals surface area contributed by atoms with Crippen LogP contribution in [-0.2, 0) is 27.2 Å². The summed E-state index contributed by atoms with van der Waals surface area (Å²) in [4.78, 5) is 6.53. The maximum atomic E-state index is 11.3. The molecule has 2 aromatic rings. The third-order valence-corrected chi connectivity index (χ3v) is 6.43. The Morgan fingerprint density at radius 1 is 1.28 bits per heavy atom. The highest BCUT2D eigenvalue weighted by Crippen LogP contribution is 2.24. The molecule has 2 aliphatic rings. The lowest BCUT2D eigenvalue weighted by atomic mass is 10.1. The monoisotopic (exact) mass is 437 g/mol. The van der Waals surface area contributed by atoms with Crippen molar-refractivity contribution >= 4 is 44.6 Å². The van der Waals surface area contributed by atoms with Crippen LogP contribution in [0.5, 0.6) is 0 Å². The topological polar surface area (TPSA) is 123 Å². The average molecular weight is 438 g/mol. The Morgan fingerprint density at radius 2 is 2.10 bits per heavy atom. The van der Waals surface area contributed by atoms with Gasteiger partial charge in [0.05, 0.1) is 25.5 Å². The molecule has 0 unspecified atom stereocenters. The van der Waals surface area contributed by atoms with Gasteiger partial charge >= 0.3 is 10.2 Å². The first-order valence-corrected chi connectivity index (χ1v) is 11.9. The van der Waals surface area contributed by atoms with Gasteiger partial charge in [-0.1, -0.05) is 12.1 Å². The van der Waals surface area contributed by atoms with E-state index < -0.39 is 10.2 Å². The maximum absolute atomic E-state index is 11.3. The number of furan rings is 1. The molecule has 1 fully saturated rings. The number of morpholine rings is 1. The highest BCUT2D eigenvalue weighted by molar-refractivity contribution is 7.98. The van der Waals surface area contributed by atoms with Gasteiger partial charge in [0, 0.05) is 30.8 Å². The van der Waals surface area contributed by atoms with Gasteiger partial charge in [0.1, 0.15) is 11.3 Å². The smallest absolute Gasteiger partial charge is 0.345 e. The van der Waals surface area contributed by atoms with E-state index in [-0.39, 0.29) is 11.7 Å². The normalized spacial score (nSPS) is 20.8. The minimum absolute atomic E-state index is 0.0971. The van der Waals surface area contributed by atoms with E-state index in [0.29, 0.717) is 18.1 Å². The fourth-order valence-corrected chi connectivity index (χ4v) is 4.71. The first-order valence-electron chi connectivity index (χ1n) is 9.31. The Kier molecular flexibility index (Phi) is 6.09. The van der Waals surface area contributed by atoms with Gasteiger partial charge in [0.15, 0.2) is 11.7 Å². The van der Waals surface area contributed by atoms with Crippen LogP contribution >= 0.6 is 11.8 Å². The highest BCUT2D eigenvalue weighted by atomic mass is 32.2. The summed E-state index contributed by atoms with van der Waals surface area (Å²) in [6, 6.07) is 8.42. The van der Waals surface area contributed by atoms with Crippen LogP contribution in [0.4, 0.5) is 0 Å². The van der Waals surface area contributed by atoms with Crippen LogP contribution in [0.3, 0.4) is 0 Å². The Hall–Kier alpha value is -2.08. The standard InChI is InChI=1S/C18H23N5O4S2/c19-17-18(22-29(24,25)21-17)20-3-8-28-12-15-10-14-2-1-13(9-16(14)27-15)11-23-4-6-26-7-5-23/h1-2,9-10H,3-8,11-12H2,(H2,19,21)(H,20,22). The molecule has 1 saturated heterocycles. The molecule has 11 heteroatoms. The van der Waals surface area contributed by atoms with Crippen molar-refractivity contribution in [2.75, 3.05) is 38.6 Å². The van der Waals surface area contributed by atoms with E-state index >= 15 is 0 Å². The van der Waals surface area contributed by atoms with Gasteiger partial charge in [-0.05, 0) is 17.7 Å². The molecule has 0 radical (unpaired) electrons. The lowest BCUT2D eigenvalue weighted by Gasteiger charge is -2.26. The second kappa shape index (κ2) is 8.74. The first kappa shape index (κ1) is 20.2. The average Bonchev–Trinajstić information content (AvgIpc) is 3.20. The molecule has 1 aromatic carbocycles. The molecule has 156 valence electrons. The van der Waals surface area contributed by atoms with Gasteiger partial charge in [0.25, 0.3) is 0 Å². The molecule has 3 N–H and O–H groups in total. The minimum Gasteiger partial charge on any atom is -0.460 e. The van der Waals surface area contributed by atoms with Crippen molar-refractivity contribution in [3.8, 4) is 0 Å². The predicted molar refractivity (Wildman–Crippen MR) is 114 cm³/mol. The van der Waals surface area contributed by atoms with Crippen molar-refractivity contribution in [3.05, 3.63) is 35.6 Å². The maximum Gasteiger partial charge on any atom is 0.345 e. The van der Waals surface area contributed by atoms with E-state index in [9.17, 15) is 8.42 Å². The lowest BCUT2D eigenvalue weighted by molar-refractivity contribution is 0.0342. The second-order valence-corrected chi connectivity index (χ2v) is 9.25. The fraction of sp³-hybridized carbons (Fsp3) is 0.444. The van der Waals surface area contributed by atoms with Crippen LogP contribution in [-0.4, -0.2) is 63.6 Å². The molecule has 0 atom stereocenters. The Balaban J connectivity index is 1.28. The van der Waals surface area contributed by atoms with Crippen molar-refractivity contribution < 1.29 is 17.6 Å². The summed E-state index contributed by atoms with van der Waals surface area (Å²) in [5.74, 6) is 2.34. The number of thioether (sulfide) groups is 1. The van der Waals surface area contributed by atoms with Crippen molar-refractivity contribution in [2.45, 2.75) is 12.3 Å². The SMILES string of the molecule is NC1=NS(=O)(=O)NC1=NCCSCc1cc2ccc(CN3CCOCC3)cc2o1. The highest BCUT2D eigenvalue weighted by Gasteiger charge is 2.23. The number of hydrogen-bond acceptors (Lipinski definition) is 8. The Labute approximate surface area is 173 Å². The first-order chi connectivity index (χ1) is 14.0. The van der Waals surface area contributed by atoms with E-state index in [1.807, 2.05) is 0 Å². The van der Waals surface area contributed by atoms with E-state index in [2.05, 4.69) is 43.3 Å². The van der Waals surface area contributed by atoms with E-state index in [1.54, 1.807) is 11.8 Å². The van der Waals surface area contributed by atoms with Gasteiger partial charge in [-0.2, -0.15) is 20.2 Å². The summed E-state index contributed by atoms with van der Waals surface area (Å²) in [6.45, 7) is 4.84. The summed E-state index contributed by atoms with van der Waals surface area (Å²) < 4.78 is 39.4. The number of aliphatic imine (C=N–C) groups is 1. The second-order valence-electron chi connectivity index (χ2n) is 6.81. The fourth-order valence-electron chi connectivity index (χ4n) is 3.20. The summed E-state index contributed by atoms with van der Waals surface area (Å²) >= 11 is 1.66. The molecular formula is C18H23N5O4S2. The van der Waals surface area contributed by atoms with E-state index in [0.717, 1.165) is 49.6 Å². The quantitative estimate of drug-likeness (QED) is 0.622. The van der Waals surface area contributed by atoms with E-state index in [4.69, 9.17) is 14.9 Å². The number of nitrogens with one attached hydrogen (secondary N) is 1. The van der Waals surface area contributed by atoms with Gasteiger partial charge < -0.3 is 14.9 Å². The Bertz CT molecular complexity index is 1040. The predicted octanol–water partition coefficient (Wildman–Crippen LogP) is 1.10. The lowest BCUT2D eigenvalue weighted by Crippen LogP contribution is -2.35. The molecule has 29 heavy (non-hydrogen) atoms. The molecule has 0 spiro atoms. The summed E-state index contributed by atoms with van der Waals surface area (Å²) in [5.41, 5.74) is 7.66. The third-order valence-electron chi connectivity index (χ3n) is 4.58. The number of amidine groups is 2. The van der Waals surface area contributed by atoms with Crippen LogP contribution in [0, 0.1) is 0 Å². The number of rotatable bonds is 7. The van der Waals surface area contributed by atoms with Gasteiger partial charge in [-0.3, -0.25) is 9.89 Å². The van der Waals surface area contributed by atoms with Gasteiger partial charge in [-0.15, -0.1) is 4.40 Å². The molecule has 0 amide bonds. The zero-order valence-electron chi connectivity index (χ0n) is 15.8. The molecule has 9 nitrogen and oxygen atoms in total.